The molecular weight excluding hydrogens is 288 g/mol. The first-order chi connectivity index (χ1) is 10.0. The van der Waals surface area contributed by atoms with Crippen LogP contribution >= 0.6 is 0 Å². The largest absolute Gasteiger partial charge is 0.500 e. The molecule has 1 rings (SSSR count). The molecule has 0 spiro atoms. The number of hydrogen-bond donors (Lipinski definition) is 0. The highest BCUT2D eigenvalue weighted by molar-refractivity contribution is 6.60. The minimum atomic E-state index is -2.56. The lowest BCUT2D eigenvalue weighted by molar-refractivity contribution is -0.142. The Morgan fingerprint density at radius 2 is 1.62 bits per heavy atom. The van der Waals surface area contributed by atoms with Gasteiger partial charge in [0.05, 0.1) is 13.0 Å². The molecule has 1 aromatic rings. The zero-order valence-electron chi connectivity index (χ0n) is 13.2. The number of esters is 1. The molecule has 0 bridgehead atoms. The number of hydrogen-bond acceptors (Lipinski definition) is 5. The fourth-order valence-electron chi connectivity index (χ4n) is 1.95. The first-order valence-corrected chi connectivity index (χ1v) is 8.85. The predicted octanol–water partition coefficient (Wildman–Crippen LogP) is 2.35. The summed E-state index contributed by atoms with van der Waals surface area (Å²) >= 11 is 0. The van der Waals surface area contributed by atoms with Crippen molar-refractivity contribution in [1.82, 2.24) is 0 Å². The lowest BCUT2D eigenvalue weighted by Gasteiger charge is -2.24. The molecule has 21 heavy (non-hydrogen) atoms. The second kappa shape index (κ2) is 8.94. The smallest absolute Gasteiger partial charge is 0.465 e. The normalized spacial score (nSPS) is 11.4. The maximum atomic E-state index is 11.7. The van der Waals surface area contributed by atoms with Gasteiger partial charge in [-0.05, 0) is 18.9 Å². The molecule has 1 aromatic carbocycles. The van der Waals surface area contributed by atoms with Crippen molar-refractivity contribution >= 4 is 14.8 Å². The van der Waals surface area contributed by atoms with E-state index in [0.717, 1.165) is 5.56 Å². The van der Waals surface area contributed by atoms with E-state index in [-0.39, 0.29) is 5.97 Å². The molecule has 0 unspecified atom stereocenters. The van der Waals surface area contributed by atoms with E-state index in [1.807, 2.05) is 31.2 Å². The van der Waals surface area contributed by atoms with E-state index in [4.69, 9.17) is 18.0 Å². The summed E-state index contributed by atoms with van der Waals surface area (Å²) in [6.45, 7) is 2.36. The van der Waals surface area contributed by atoms with Gasteiger partial charge in [-0.1, -0.05) is 29.8 Å². The molecule has 0 saturated carbocycles. The summed E-state index contributed by atoms with van der Waals surface area (Å²) in [5.41, 5.74) is 2.13. The Morgan fingerprint density at radius 1 is 1.05 bits per heavy atom. The van der Waals surface area contributed by atoms with Crippen molar-refractivity contribution in [2.24, 2.45) is 0 Å². The molecule has 118 valence electrons. The van der Waals surface area contributed by atoms with Crippen molar-refractivity contribution in [1.29, 1.82) is 0 Å². The van der Waals surface area contributed by atoms with Crippen LogP contribution < -0.4 is 0 Å². The van der Waals surface area contributed by atoms with Gasteiger partial charge < -0.3 is 18.0 Å². The number of benzene rings is 1. The van der Waals surface area contributed by atoms with E-state index in [1.165, 1.54) is 5.56 Å². The molecule has 0 atom stereocenters. The van der Waals surface area contributed by atoms with Crippen molar-refractivity contribution in [3.8, 4) is 0 Å². The monoisotopic (exact) mass is 312 g/mol. The summed E-state index contributed by atoms with van der Waals surface area (Å²) in [6.07, 6.45) is 0.947. The Bertz CT molecular complexity index is 420. The molecular formula is C15H24O5Si. The van der Waals surface area contributed by atoms with Gasteiger partial charge in [0, 0.05) is 27.4 Å². The first kappa shape index (κ1) is 17.8. The van der Waals surface area contributed by atoms with Gasteiger partial charge in [0.25, 0.3) is 0 Å². The van der Waals surface area contributed by atoms with Gasteiger partial charge in [-0.2, -0.15) is 0 Å². The van der Waals surface area contributed by atoms with Crippen molar-refractivity contribution in [3.63, 3.8) is 0 Å². The van der Waals surface area contributed by atoms with Crippen LogP contribution in [0.3, 0.4) is 0 Å². The number of ether oxygens (including phenoxy) is 1. The number of rotatable bonds is 9. The van der Waals surface area contributed by atoms with Gasteiger partial charge in [-0.25, -0.2) is 0 Å². The third kappa shape index (κ3) is 5.97. The quantitative estimate of drug-likeness (QED) is 0.398. The molecule has 0 fully saturated rings. The highest BCUT2D eigenvalue weighted by Crippen LogP contribution is 2.15. The molecule has 0 amide bonds. The van der Waals surface area contributed by atoms with Gasteiger partial charge in [-0.15, -0.1) is 0 Å². The zero-order chi connectivity index (χ0) is 15.7. The fraction of sp³-hybridized carbons (Fsp3) is 0.533. The Hall–Kier alpha value is -1.21. The van der Waals surface area contributed by atoms with Crippen molar-refractivity contribution in [3.05, 3.63) is 35.4 Å². The summed E-state index contributed by atoms with van der Waals surface area (Å²) < 4.78 is 21.1. The molecule has 6 heteroatoms. The molecule has 0 aliphatic heterocycles. The van der Waals surface area contributed by atoms with Crippen LogP contribution in [0.15, 0.2) is 24.3 Å². The van der Waals surface area contributed by atoms with Crippen molar-refractivity contribution < 1.29 is 22.8 Å². The van der Waals surface area contributed by atoms with Crippen LogP contribution in [0, 0.1) is 6.92 Å². The third-order valence-corrected chi connectivity index (χ3v) is 6.12. The van der Waals surface area contributed by atoms with Crippen LogP contribution in [0.2, 0.25) is 6.04 Å². The topological polar surface area (TPSA) is 54.0 Å². The Kier molecular flexibility index (Phi) is 7.59. The van der Waals surface area contributed by atoms with E-state index in [2.05, 4.69) is 0 Å². The molecule has 0 saturated heterocycles. The van der Waals surface area contributed by atoms with Crippen LogP contribution in [0.4, 0.5) is 0 Å². The molecule has 0 radical (unpaired) electrons. The van der Waals surface area contributed by atoms with Gasteiger partial charge in [0.2, 0.25) is 0 Å². The van der Waals surface area contributed by atoms with E-state index >= 15 is 0 Å². The van der Waals surface area contributed by atoms with Crippen molar-refractivity contribution in [2.45, 2.75) is 25.8 Å². The molecule has 0 aliphatic rings. The molecule has 0 heterocycles. The van der Waals surface area contributed by atoms with E-state index < -0.39 is 8.80 Å². The second-order valence-electron chi connectivity index (χ2n) is 4.78. The summed E-state index contributed by atoms with van der Waals surface area (Å²) in [7, 11) is 2.15. The maximum Gasteiger partial charge on any atom is 0.500 e. The summed E-state index contributed by atoms with van der Waals surface area (Å²) in [5, 5.41) is 0. The highest BCUT2D eigenvalue weighted by atomic mass is 28.4. The first-order valence-electron chi connectivity index (χ1n) is 6.92. The maximum absolute atomic E-state index is 11.7. The molecule has 0 aromatic heterocycles. The third-order valence-electron chi connectivity index (χ3n) is 3.29. The lowest BCUT2D eigenvalue weighted by atomic mass is 10.1. The Balaban J connectivity index is 2.29. The number of carbonyl (C=O) groups is 1. The minimum absolute atomic E-state index is 0.224. The van der Waals surface area contributed by atoms with Crippen molar-refractivity contribution in [2.75, 3.05) is 27.9 Å². The summed E-state index contributed by atoms with van der Waals surface area (Å²) in [4.78, 5) is 11.7. The Labute approximate surface area is 127 Å². The molecule has 0 N–H and O–H groups in total. The zero-order valence-corrected chi connectivity index (χ0v) is 14.2. The van der Waals surface area contributed by atoms with Gasteiger partial charge in [0.1, 0.15) is 0 Å². The van der Waals surface area contributed by atoms with E-state index in [9.17, 15) is 4.79 Å². The number of aryl methyl sites for hydroxylation is 1. The van der Waals surface area contributed by atoms with Crippen LogP contribution in [0.1, 0.15) is 17.5 Å². The predicted molar refractivity (Wildman–Crippen MR) is 82.0 cm³/mol. The summed E-state index contributed by atoms with van der Waals surface area (Å²) in [6, 6.07) is 8.47. The second-order valence-corrected chi connectivity index (χ2v) is 7.87. The standard InChI is InChI=1S/C15H24O5Si/c1-13-6-8-14(9-7-13)12-15(16)20-10-5-11-21(17-2,18-3)19-4/h6-9H,5,10-12H2,1-4H3. The van der Waals surface area contributed by atoms with Gasteiger partial charge in [0.15, 0.2) is 0 Å². The van der Waals surface area contributed by atoms with Crippen LogP contribution in [0.5, 0.6) is 0 Å². The minimum Gasteiger partial charge on any atom is -0.465 e. The average molecular weight is 312 g/mol. The highest BCUT2D eigenvalue weighted by Gasteiger charge is 2.36. The fourth-order valence-corrected chi connectivity index (χ4v) is 3.64. The van der Waals surface area contributed by atoms with E-state index in [1.54, 1.807) is 21.3 Å². The van der Waals surface area contributed by atoms with Crippen LogP contribution in [0.25, 0.3) is 0 Å². The summed E-state index contributed by atoms with van der Waals surface area (Å²) in [5.74, 6) is -0.224. The van der Waals surface area contributed by atoms with Gasteiger partial charge in [-0.3, -0.25) is 4.79 Å². The van der Waals surface area contributed by atoms with E-state index in [0.29, 0.717) is 25.5 Å². The lowest BCUT2D eigenvalue weighted by Crippen LogP contribution is -2.42. The van der Waals surface area contributed by atoms with Gasteiger partial charge >= 0.3 is 14.8 Å². The number of carbonyl (C=O) groups excluding carboxylic acids is 1. The molecule has 0 aliphatic carbocycles. The van der Waals surface area contributed by atoms with Crippen LogP contribution in [-0.4, -0.2) is 42.7 Å². The average Bonchev–Trinajstić information content (AvgIpc) is 2.50. The molecule has 5 nitrogen and oxygen atoms in total. The SMILES string of the molecule is CO[Si](CCCOC(=O)Cc1ccc(C)cc1)(OC)OC. The van der Waals surface area contributed by atoms with Crippen LogP contribution in [-0.2, 0) is 29.2 Å². The Morgan fingerprint density at radius 3 is 2.14 bits per heavy atom.